The van der Waals surface area contributed by atoms with Crippen molar-refractivity contribution in [2.45, 2.75) is 50.5 Å². The first kappa shape index (κ1) is 15.6. The molecule has 4 rings (SSSR count). The summed E-state index contributed by atoms with van der Waals surface area (Å²) >= 11 is 0. The Morgan fingerprint density at radius 2 is 1.79 bits per heavy atom. The highest BCUT2D eigenvalue weighted by molar-refractivity contribution is 5.25. The molecule has 5 nitrogen and oxygen atoms in total. The van der Waals surface area contributed by atoms with Gasteiger partial charge in [0, 0.05) is 12.5 Å². The molecule has 2 heterocycles. The molecule has 0 radical (unpaired) electrons. The highest BCUT2D eigenvalue weighted by Crippen LogP contribution is 2.39. The molecule has 2 aliphatic rings. The van der Waals surface area contributed by atoms with Crippen LogP contribution in [-0.2, 0) is 0 Å². The number of benzene rings is 1. The van der Waals surface area contributed by atoms with Crippen LogP contribution in [0.5, 0.6) is 0 Å². The molecule has 24 heavy (non-hydrogen) atoms. The van der Waals surface area contributed by atoms with Gasteiger partial charge in [0.05, 0.1) is 6.04 Å². The Bertz CT molecular complexity index is 630. The first-order valence-corrected chi connectivity index (χ1v) is 9.26. The van der Waals surface area contributed by atoms with E-state index in [1.165, 1.54) is 57.2 Å². The van der Waals surface area contributed by atoms with Crippen LogP contribution in [0.25, 0.3) is 0 Å². The molecule has 5 heteroatoms. The lowest BCUT2D eigenvalue weighted by molar-refractivity contribution is 0.212. The summed E-state index contributed by atoms with van der Waals surface area (Å²) in [6.07, 6.45) is 7.63. The van der Waals surface area contributed by atoms with E-state index in [4.69, 9.17) is 4.42 Å². The summed E-state index contributed by atoms with van der Waals surface area (Å²) in [5.74, 6) is 1.30. The second-order valence-electron chi connectivity index (χ2n) is 6.98. The van der Waals surface area contributed by atoms with Crippen molar-refractivity contribution in [1.29, 1.82) is 0 Å². The fourth-order valence-corrected chi connectivity index (χ4v) is 3.53. The van der Waals surface area contributed by atoms with Crippen LogP contribution >= 0.6 is 0 Å². The van der Waals surface area contributed by atoms with Gasteiger partial charge in [-0.1, -0.05) is 48.3 Å². The molecule has 0 amide bonds. The minimum Gasteiger partial charge on any atom is -0.408 e. The Morgan fingerprint density at radius 1 is 1.04 bits per heavy atom. The molecule has 1 aliphatic heterocycles. The molecule has 0 bridgehead atoms. The molecule has 2 fully saturated rings. The summed E-state index contributed by atoms with van der Waals surface area (Å²) in [5.41, 5.74) is 1.36. The van der Waals surface area contributed by atoms with Gasteiger partial charge in [0.2, 0.25) is 5.89 Å². The molecule has 1 N–H and O–H groups in total. The summed E-state index contributed by atoms with van der Waals surface area (Å²) in [6, 6.07) is 11.7. The van der Waals surface area contributed by atoms with E-state index >= 15 is 0 Å². The van der Waals surface area contributed by atoms with Gasteiger partial charge in [-0.25, -0.2) is 0 Å². The Morgan fingerprint density at radius 3 is 2.50 bits per heavy atom. The van der Waals surface area contributed by atoms with Gasteiger partial charge in [-0.05, 0) is 44.3 Å². The average Bonchev–Trinajstić information content (AvgIpc) is 3.41. The van der Waals surface area contributed by atoms with Gasteiger partial charge in [-0.2, -0.15) is 0 Å². The number of aromatic nitrogens is 2. The molecule has 1 saturated heterocycles. The molecule has 1 aliphatic carbocycles. The molecular formula is C19H26N4O. The monoisotopic (exact) mass is 326 g/mol. The Labute approximate surface area is 143 Å². The number of hydrogen-bond acceptors (Lipinski definition) is 5. The van der Waals surface area contributed by atoms with Crippen LogP contribution in [0.1, 0.15) is 61.9 Å². The van der Waals surface area contributed by atoms with Crippen LogP contribution in [0.15, 0.2) is 34.7 Å². The fourth-order valence-electron chi connectivity index (χ4n) is 3.53. The number of hydrogen-bond donors (Lipinski definition) is 1. The van der Waals surface area contributed by atoms with Gasteiger partial charge in [0.1, 0.15) is 0 Å². The number of likely N-dealkylation sites (tertiary alicyclic amines) is 1. The summed E-state index contributed by atoms with van der Waals surface area (Å²) in [6.45, 7) is 3.13. The van der Waals surface area contributed by atoms with Crippen molar-refractivity contribution in [1.82, 2.24) is 15.1 Å². The standard InChI is InChI=1S/C19H26N4O/c1-2-7-13-23(12-6-1)17(15-8-4-3-5-9-15)14-20-19-22-21-18(24-19)16-10-11-16/h3-5,8-9,16-17H,1-2,6-7,10-14H2,(H,20,22)/t17-/m0/s1. The molecule has 1 aromatic carbocycles. The van der Waals surface area contributed by atoms with Crippen molar-refractivity contribution in [3.05, 3.63) is 41.8 Å². The van der Waals surface area contributed by atoms with Crippen LogP contribution in [-0.4, -0.2) is 34.7 Å². The lowest BCUT2D eigenvalue weighted by atomic mass is 10.0. The highest BCUT2D eigenvalue weighted by atomic mass is 16.4. The van der Waals surface area contributed by atoms with E-state index in [2.05, 4.69) is 50.7 Å². The lowest BCUT2D eigenvalue weighted by Crippen LogP contribution is -2.34. The molecule has 1 aromatic heterocycles. The molecule has 1 saturated carbocycles. The fraction of sp³-hybridized carbons (Fsp3) is 0.579. The molecule has 0 unspecified atom stereocenters. The van der Waals surface area contributed by atoms with E-state index < -0.39 is 0 Å². The topological polar surface area (TPSA) is 54.2 Å². The van der Waals surface area contributed by atoms with Crippen molar-refractivity contribution in [3.8, 4) is 0 Å². The van der Waals surface area contributed by atoms with E-state index in [9.17, 15) is 0 Å². The van der Waals surface area contributed by atoms with E-state index in [0.29, 0.717) is 18.0 Å². The maximum Gasteiger partial charge on any atom is 0.315 e. The zero-order valence-electron chi connectivity index (χ0n) is 14.2. The number of nitrogens with zero attached hydrogens (tertiary/aromatic N) is 3. The van der Waals surface area contributed by atoms with Gasteiger partial charge < -0.3 is 9.73 Å². The normalized spacial score (nSPS) is 20.5. The second-order valence-corrected chi connectivity index (χ2v) is 6.98. The van der Waals surface area contributed by atoms with Crippen molar-refractivity contribution >= 4 is 6.01 Å². The summed E-state index contributed by atoms with van der Waals surface area (Å²) in [4.78, 5) is 2.60. The number of nitrogens with one attached hydrogen (secondary N) is 1. The SMILES string of the molecule is c1ccc([C@H](CNc2nnc(C3CC3)o2)N2CCCCCC2)cc1. The van der Waals surface area contributed by atoms with E-state index in [0.717, 1.165) is 12.4 Å². The molecule has 1 atom stereocenters. The maximum atomic E-state index is 5.75. The number of anilines is 1. The van der Waals surface area contributed by atoms with Crippen molar-refractivity contribution in [3.63, 3.8) is 0 Å². The third kappa shape index (κ3) is 3.78. The Kier molecular flexibility index (Phi) is 4.78. The van der Waals surface area contributed by atoms with Gasteiger partial charge >= 0.3 is 6.01 Å². The molecule has 2 aromatic rings. The summed E-state index contributed by atoms with van der Waals surface area (Å²) in [5, 5.41) is 11.7. The van der Waals surface area contributed by atoms with Crippen LogP contribution in [0, 0.1) is 0 Å². The third-order valence-corrected chi connectivity index (χ3v) is 5.08. The largest absolute Gasteiger partial charge is 0.408 e. The van der Waals surface area contributed by atoms with Crippen molar-refractivity contribution in [2.75, 3.05) is 25.0 Å². The quantitative estimate of drug-likeness (QED) is 0.870. The summed E-state index contributed by atoms with van der Waals surface area (Å²) < 4.78 is 5.75. The zero-order valence-corrected chi connectivity index (χ0v) is 14.2. The van der Waals surface area contributed by atoms with Crippen LogP contribution in [0.2, 0.25) is 0 Å². The predicted octanol–water partition coefficient (Wildman–Crippen LogP) is 3.98. The van der Waals surface area contributed by atoms with E-state index in [-0.39, 0.29) is 0 Å². The van der Waals surface area contributed by atoms with Gasteiger partial charge in [-0.3, -0.25) is 4.90 Å². The van der Waals surface area contributed by atoms with Crippen LogP contribution in [0.4, 0.5) is 6.01 Å². The van der Waals surface area contributed by atoms with Crippen LogP contribution in [0.3, 0.4) is 0 Å². The van der Waals surface area contributed by atoms with Gasteiger partial charge in [0.25, 0.3) is 0 Å². The Hall–Kier alpha value is -1.88. The first-order valence-electron chi connectivity index (χ1n) is 9.26. The lowest BCUT2D eigenvalue weighted by Gasteiger charge is -2.31. The van der Waals surface area contributed by atoms with Crippen LogP contribution < -0.4 is 5.32 Å². The minimum atomic E-state index is 0.348. The van der Waals surface area contributed by atoms with Crippen molar-refractivity contribution in [2.24, 2.45) is 0 Å². The summed E-state index contributed by atoms with van der Waals surface area (Å²) in [7, 11) is 0. The average molecular weight is 326 g/mol. The van der Waals surface area contributed by atoms with E-state index in [1.807, 2.05) is 0 Å². The molecule has 0 spiro atoms. The second kappa shape index (κ2) is 7.34. The van der Waals surface area contributed by atoms with Crippen molar-refractivity contribution < 1.29 is 4.42 Å². The minimum absolute atomic E-state index is 0.348. The zero-order chi connectivity index (χ0) is 16.2. The molecule has 128 valence electrons. The Balaban J connectivity index is 1.46. The highest BCUT2D eigenvalue weighted by Gasteiger charge is 2.29. The number of rotatable bonds is 6. The predicted molar refractivity (Wildman–Crippen MR) is 94.0 cm³/mol. The van der Waals surface area contributed by atoms with E-state index in [1.54, 1.807) is 0 Å². The molecular weight excluding hydrogens is 300 g/mol. The third-order valence-electron chi connectivity index (χ3n) is 5.08. The van der Waals surface area contributed by atoms with Gasteiger partial charge in [0.15, 0.2) is 0 Å². The maximum absolute atomic E-state index is 5.75. The van der Waals surface area contributed by atoms with Gasteiger partial charge in [-0.15, -0.1) is 5.10 Å². The smallest absolute Gasteiger partial charge is 0.315 e. The first-order chi connectivity index (χ1) is 11.9.